The molecule has 4 heteroatoms. The standard InChI is InChI=1S/C12H15NO3/c1-2-16-13-12(15)11(14)9-8-10-6-4-3-5-7-10/h3-7H,2,8-9H2,1H3,(H,13,15). The largest absolute Gasteiger partial charge is 0.310 e. The predicted octanol–water partition coefficient (Wildman–Crippen LogP) is 1.26. The van der Waals surface area contributed by atoms with Crippen LogP contribution < -0.4 is 5.48 Å². The lowest BCUT2D eigenvalue weighted by molar-refractivity contribution is -0.145. The monoisotopic (exact) mass is 221 g/mol. The number of amides is 1. The van der Waals surface area contributed by atoms with Gasteiger partial charge in [-0.15, -0.1) is 0 Å². The molecule has 0 heterocycles. The Labute approximate surface area is 94.6 Å². The lowest BCUT2D eigenvalue weighted by Crippen LogP contribution is -2.31. The van der Waals surface area contributed by atoms with E-state index in [9.17, 15) is 9.59 Å². The number of benzene rings is 1. The minimum atomic E-state index is -0.683. The van der Waals surface area contributed by atoms with Crippen LogP contribution in [-0.4, -0.2) is 18.3 Å². The van der Waals surface area contributed by atoms with Crippen LogP contribution in [0.15, 0.2) is 30.3 Å². The summed E-state index contributed by atoms with van der Waals surface area (Å²) in [7, 11) is 0. The molecule has 0 radical (unpaired) electrons. The van der Waals surface area contributed by atoms with E-state index in [2.05, 4.69) is 10.3 Å². The van der Waals surface area contributed by atoms with Gasteiger partial charge in [0, 0.05) is 6.42 Å². The van der Waals surface area contributed by atoms with E-state index in [-0.39, 0.29) is 6.42 Å². The summed E-state index contributed by atoms with van der Waals surface area (Å²) in [6, 6.07) is 9.56. The van der Waals surface area contributed by atoms with Crippen LogP contribution in [0.3, 0.4) is 0 Å². The highest BCUT2D eigenvalue weighted by Crippen LogP contribution is 2.02. The van der Waals surface area contributed by atoms with E-state index in [1.54, 1.807) is 6.92 Å². The normalized spacial score (nSPS) is 9.81. The highest BCUT2D eigenvalue weighted by molar-refractivity contribution is 6.35. The minimum absolute atomic E-state index is 0.197. The Morgan fingerprint density at radius 3 is 2.56 bits per heavy atom. The Hall–Kier alpha value is -1.68. The summed E-state index contributed by atoms with van der Waals surface area (Å²) in [5.74, 6) is -1.14. The van der Waals surface area contributed by atoms with Gasteiger partial charge in [0.2, 0.25) is 5.78 Å². The molecule has 0 fully saturated rings. The van der Waals surface area contributed by atoms with E-state index in [0.717, 1.165) is 5.56 Å². The van der Waals surface area contributed by atoms with Gasteiger partial charge in [0.25, 0.3) is 0 Å². The lowest BCUT2D eigenvalue weighted by Gasteiger charge is -2.02. The lowest BCUT2D eigenvalue weighted by atomic mass is 10.1. The summed E-state index contributed by atoms with van der Waals surface area (Å²) < 4.78 is 0. The van der Waals surface area contributed by atoms with Crippen LogP contribution >= 0.6 is 0 Å². The zero-order valence-corrected chi connectivity index (χ0v) is 9.23. The molecule has 0 aromatic heterocycles. The zero-order chi connectivity index (χ0) is 11.8. The van der Waals surface area contributed by atoms with Crippen LogP contribution in [0.1, 0.15) is 18.9 Å². The molecule has 1 aromatic rings. The molecule has 0 spiro atoms. The SMILES string of the molecule is CCONC(=O)C(=O)CCc1ccccc1. The smallest absolute Gasteiger partial charge is 0.289 e. The summed E-state index contributed by atoms with van der Waals surface area (Å²) in [5, 5.41) is 0. The van der Waals surface area contributed by atoms with Crippen LogP contribution in [-0.2, 0) is 20.8 Å². The second kappa shape index (κ2) is 6.74. The highest BCUT2D eigenvalue weighted by atomic mass is 16.6. The summed E-state index contributed by atoms with van der Waals surface area (Å²) in [5.41, 5.74) is 3.12. The van der Waals surface area contributed by atoms with Crippen LogP contribution in [0.2, 0.25) is 0 Å². The number of Topliss-reactive ketones (excluding diaryl/α,β-unsaturated/α-hetero) is 1. The number of carbonyl (C=O) groups excluding carboxylic acids is 2. The van der Waals surface area contributed by atoms with Crippen LogP contribution in [0, 0.1) is 0 Å². The van der Waals surface area contributed by atoms with Crippen molar-refractivity contribution >= 4 is 11.7 Å². The maximum Gasteiger partial charge on any atom is 0.310 e. The molecule has 0 saturated carbocycles. The molecule has 1 amide bonds. The van der Waals surface area contributed by atoms with Crippen molar-refractivity contribution in [1.29, 1.82) is 0 Å². The molecule has 0 aliphatic heterocycles. The molecule has 0 unspecified atom stereocenters. The van der Waals surface area contributed by atoms with Gasteiger partial charge in [0.15, 0.2) is 0 Å². The number of ketones is 1. The Bertz CT molecular complexity index is 349. The molecule has 4 nitrogen and oxygen atoms in total. The summed E-state index contributed by atoms with van der Waals surface area (Å²) in [4.78, 5) is 27.1. The van der Waals surface area contributed by atoms with Crippen molar-refractivity contribution in [2.45, 2.75) is 19.8 Å². The Morgan fingerprint density at radius 1 is 1.25 bits per heavy atom. The quantitative estimate of drug-likeness (QED) is 0.581. The number of rotatable bonds is 6. The number of aryl methyl sites for hydroxylation is 1. The molecule has 1 aromatic carbocycles. The first-order chi connectivity index (χ1) is 7.74. The summed E-state index contributed by atoms with van der Waals surface area (Å²) in [6.07, 6.45) is 0.766. The molecule has 0 saturated heterocycles. The van der Waals surface area contributed by atoms with Gasteiger partial charge < -0.3 is 0 Å². The zero-order valence-electron chi connectivity index (χ0n) is 9.23. The van der Waals surface area contributed by atoms with Gasteiger partial charge in [-0.05, 0) is 18.9 Å². The second-order valence-corrected chi connectivity index (χ2v) is 3.27. The van der Waals surface area contributed by atoms with Gasteiger partial charge in [0.1, 0.15) is 0 Å². The fraction of sp³-hybridized carbons (Fsp3) is 0.333. The number of hydroxylamine groups is 1. The van der Waals surface area contributed by atoms with Crippen molar-refractivity contribution < 1.29 is 14.4 Å². The first kappa shape index (κ1) is 12.4. The molecule has 16 heavy (non-hydrogen) atoms. The number of nitrogens with one attached hydrogen (secondary N) is 1. The van der Waals surface area contributed by atoms with Gasteiger partial charge in [-0.3, -0.25) is 14.4 Å². The third-order valence-corrected chi connectivity index (χ3v) is 2.05. The van der Waals surface area contributed by atoms with E-state index in [1.165, 1.54) is 0 Å². The predicted molar refractivity (Wildman–Crippen MR) is 59.5 cm³/mol. The molecule has 0 aliphatic carbocycles. The third-order valence-electron chi connectivity index (χ3n) is 2.05. The van der Waals surface area contributed by atoms with E-state index in [1.807, 2.05) is 30.3 Å². The molecule has 0 aliphatic rings. The Morgan fingerprint density at radius 2 is 1.94 bits per heavy atom. The maximum absolute atomic E-state index is 11.3. The first-order valence-corrected chi connectivity index (χ1v) is 5.23. The van der Waals surface area contributed by atoms with E-state index < -0.39 is 11.7 Å². The van der Waals surface area contributed by atoms with Gasteiger partial charge in [-0.1, -0.05) is 30.3 Å². The molecule has 1 N–H and O–H groups in total. The summed E-state index contributed by atoms with van der Waals surface area (Å²) in [6.45, 7) is 2.08. The van der Waals surface area contributed by atoms with Crippen LogP contribution in [0.4, 0.5) is 0 Å². The Balaban J connectivity index is 2.32. The average molecular weight is 221 g/mol. The topological polar surface area (TPSA) is 55.4 Å². The van der Waals surface area contributed by atoms with Crippen LogP contribution in [0.25, 0.3) is 0 Å². The summed E-state index contributed by atoms with van der Waals surface area (Å²) >= 11 is 0. The average Bonchev–Trinajstić information content (AvgIpc) is 2.34. The van der Waals surface area contributed by atoms with Gasteiger partial charge in [-0.2, -0.15) is 0 Å². The molecule has 0 bridgehead atoms. The second-order valence-electron chi connectivity index (χ2n) is 3.27. The molecule has 1 rings (SSSR count). The van der Waals surface area contributed by atoms with Crippen molar-refractivity contribution in [3.05, 3.63) is 35.9 Å². The van der Waals surface area contributed by atoms with E-state index in [4.69, 9.17) is 0 Å². The number of hydrogen-bond donors (Lipinski definition) is 1. The molecular formula is C12H15NO3. The van der Waals surface area contributed by atoms with Crippen molar-refractivity contribution in [3.63, 3.8) is 0 Å². The fourth-order valence-corrected chi connectivity index (χ4v) is 1.21. The first-order valence-electron chi connectivity index (χ1n) is 5.23. The maximum atomic E-state index is 11.3. The van der Waals surface area contributed by atoms with Crippen molar-refractivity contribution in [3.8, 4) is 0 Å². The van der Waals surface area contributed by atoms with Crippen LogP contribution in [0.5, 0.6) is 0 Å². The molecular weight excluding hydrogens is 206 g/mol. The van der Waals surface area contributed by atoms with Gasteiger partial charge in [0.05, 0.1) is 6.61 Å². The molecule has 0 atom stereocenters. The number of hydrogen-bond acceptors (Lipinski definition) is 3. The minimum Gasteiger partial charge on any atom is -0.289 e. The van der Waals surface area contributed by atoms with E-state index in [0.29, 0.717) is 13.0 Å². The van der Waals surface area contributed by atoms with Crippen molar-refractivity contribution in [1.82, 2.24) is 5.48 Å². The fourth-order valence-electron chi connectivity index (χ4n) is 1.21. The molecule has 86 valence electrons. The third kappa shape index (κ3) is 4.23. The van der Waals surface area contributed by atoms with Gasteiger partial charge in [-0.25, -0.2) is 5.48 Å². The number of carbonyl (C=O) groups is 2. The Kier molecular flexibility index (Phi) is 5.22. The van der Waals surface area contributed by atoms with E-state index >= 15 is 0 Å². The van der Waals surface area contributed by atoms with Crippen molar-refractivity contribution in [2.75, 3.05) is 6.61 Å². The van der Waals surface area contributed by atoms with Gasteiger partial charge >= 0.3 is 5.91 Å². The van der Waals surface area contributed by atoms with Crippen molar-refractivity contribution in [2.24, 2.45) is 0 Å². The highest BCUT2D eigenvalue weighted by Gasteiger charge is 2.12.